The van der Waals surface area contributed by atoms with Gasteiger partial charge in [0.2, 0.25) is 5.89 Å². The van der Waals surface area contributed by atoms with Crippen molar-refractivity contribution >= 4 is 0 Å². The maximum Gasteiger partial charge on any atom is 0.208 e. The first-order valence-corrected chi connectivity index (χ1v) is 5.99. The summed E-state index contributed by atoms with van der Waals surface area (Å²) in [5, 5.41) is 12.1. The van der Waals surface area contributed by atoms with E-state index < -0.39 is 0 Å². The van der Waals surface area contributed by atoms with E-state index in [1.807, 2.05) is 27.7 Å². The van der Waals surface area contributed by atoms with Gasteiger partial charge in [0.15, 0.2) is 0 Å². The van der Waals surface area contributed by atoms with Crippen molar-refractivity contribution in [2.75, 3.05) is 6.54 Å². The molecule has 1 heterocycles. The normalized spacial score (nSPS) is 11.5. The van der Waals surface area contributed by atoms with Crippen molar-refractivity contribution in [3.05, 3.63) is 17.3 Å². The lowest BCUT2D eigenvalue weighted by atomic mass is 9.90. The van der Waals surface area contributed by atoms with E-state index in [-0.39, 0.29) is 5.41 Å². The third-order valence-corrected chi connectivity index (χ3v) is 2.81. The quantitative estimate of drug-likeness (QED) is 0.770. The number of nitrogens with one attached hydrogen (secondary N) is 1. The Hall–Kier alpha value is -1.34. The van der Waals surface area contributed by atoms with Crippen molar-refractivity contribution in [2.24, 2.45) is 5.41 Å². The van der Waals surface area contributed by atoms with Crippen LogP contribution in [-0.4, -0.2) is 11.5 Å². The number of oxazole rings is 1. The van der Waals surface area contributed by atoms with Crippen LogP contribution >= 0.6 is 0 Å². The SMILES string of the molecule is Cc1nc(CNCCCC(C)(C)C#N)oc1C. The number of nitrogens with zero attached hydrogens (tertiary/aromatic N) is 2. The van der Waals surface area contributed by atoms with Crippen LogP contribution in [-0.2, 0) is 6.54 Å². The molecule has 1 rings (SSSR count). The van der Waals surface area contributed by atoms with Crippen LogP contribution in [0.1, 0.15) is 44.0 Å². The molecule has 0 radical (unpaired) electrons. The first-order chi connectivity index (χ1) is 7.94. The zero-order valence-electron chi connectivity index (χ0n) is 11.1. The molecule has 4 nitrogen and oxygen atoms in total. The predicted octanol–water partition coefficient (Wildman–Crippen LogP) is 2.71. The highest BCUT2D eigenvalue weighted by Crippen LogP contribution is 2.19. The third kappa shape index (κ3) is 4.58. The Kier molecular flexibility index (Phi) is 4.71. The fraction of sp³-hybridized carbons (Fsp3) is 0.692. The molecule has 17 heavy (non-hydrogen) atoms. The maximum atomic E-state index is 8.87. The molecule has 0 aliphatic heterocycles. The minimum Gasteiger partial charge on any atom is -0.444 e. The molecule has 0 aliphatic carbocycles. The van der Waals surface area contributed by atoms with E-state index >= 15 is 0 Å². The molecular formula is C13H21N3O. The number of aryl methyl sites for hydroxylation is 2. The summed E-state index contributed by atoms with van der Waals surface area (Å²) in [6, 6.07) is 2.30. The lowest BCUT2D eigenvalue weighted by Crippen LogP contribution is -2.17. The van der Waals surface area contributed by atoms with Crippen LogP contribution in [0.5, 0.6) is 0 Å². The minimum atomic E-state index is -0.224. The van der Waals surface area contributed by atoms with Gasteiger partial charge in [-0.3, -0.25) is 0 Å². The number of hydrogen-bond donors (Lipinski definition) is 1. The average molecular weight is 235 g/mol. The van der Waals surface area contributed by atoms with Gasteiger partial charge in [-0.2, -0.15) is 5.26 Å². The average Bonchev–Trinajstić information content (AvgIpc) is 2.58. The summed E-state index contributed by atoms with van der Waals surface area (Å²) in [5.41, 5.74) is 0.727. The second-order valence-electron chi connectivity index (χ2n) is 5.03. The molecule has 0 spiro atoms. The van der Waals surface area contributed by atoms with Crippen LogP contribution < -0.4 is 5.32 Å². The summed E-state index contributed by atoms with van der Waals surface area (Å²) in [5.74, 6) is 1.62. The first kappa shape index (κ1) is 13.7. The summed E-state index contributed by atoms with van der Waals surface area (Å²) < 4.78 is 5.46. The van der Waals surface area contributed by atoms with Gasteiger partial charge in [0, 0.05) is 0 Å². The number of nitriles is 1. The van der Waals surface area contributed by atoms with Gasteiger partial charge >= 0.3 is 0 Å². The molecule has 0 aliphatic rings. The highest BCUT2D eigenvalue weighted by atomic mass is 16.4. The van der Waals surface area contributed by atoms with Crippen LogP contribution in [0.3, 0.4) is 0 Å². The van der Waals surface area contributed by atoms with E-state index in [2.05, 4.69) is 16.4 Å². The Morgan fingerprint density at radius 3 is 2.65 bits per heavy atom. The molecule has 0 fully saturated rings. The second-order valence-corrected chi connectivity index (χ2v) is 5.03. The van der Waals surface area contributed by atoms with Crippen LogP contribution in [0.2, 0.25) is 0 Å². The zero-order chi connectivity index (χ0) is 12.9. The van der Waals surface area contributed by atoms with Crippen LogP contribution in [0.15, 0.2) is 4.42 Å². The summed E-state index contributed by atoms with van der Waals surface area (Å²) >= 11 is 0. The zero-order valence-corrected chi connectivity index (χ0v) is 11.1. The Morgan fingerprint density at radius 1 is 1.41 bits per heavy atom. The van der Waals surface area contributed by atoms with Gasteiger partial charge in [-0.05, 0) is 47.1 Å². The van der Waals surface area contributed by atoms with Crippen LogP contribution in [0, 0.1) is 30.6 Å². The molecule has 0 unspecified atom stereocenters. The first-order valence-electron chi connectivity index (χ1n) is 5.99. The lowest BCUT2D eigenvalue weighted by Gasteiger charge is -2.14. The minimum absolute atomic E-state index is 0.224. The highest BCUT2D eigenvalue weighted by Gasteiger charge is 2.15. The molecule has 1 aromatic heterocycles. The van der Waals surface area contributed by atoms with Crippen molar-refractivity contribution in [2.45, 2.75) is 47.1 Å². The van der Waals surface area contributed by atoms with E-state index in [4.69, 9.17) is 9.68 Å². The standard InChI is InChI=1S/C13H21N3O/c1-10-11(2)17-12(16-10)8-15-7-5-6-13(3,4)9-14/h15H,5-8H2,1-4H3. The van der Waals surface area contributed by atoms with E-state index in [0.717, 1.165) is 36.7 Å². The number of hydrogen-bond acceptors (Lipinski definition) is 4. The maximum absolute atomic E-state index is 8.87. The molecule has 1 aromatic rings. The summed E-state index contributed by atoms with van der Waals surface area (Å²) in [6.07, 6.45) is 1.89. The van der Waals surface area contributed by atoms with Crippen molar-refractivity contribution < 1.29 is 4.42 Å². The summed E-state index contributed by atoms with van der Waals surface area (Å²) in [4.78, 5) is 4.29. The Labute approximate surface area is 103 Å². The monoisotopic (exact) mass is 235 g/mol. The number of aromatic nitrogens is 1. The molecule has 0 atom stereocenters. The second kappa shape index (κ2) is 5.83. The van der Waals surface area contributed by atoms with E-state index in [0.29, 0.717) is 6.54 Å². The molecule has 1 N–H and O–H groups in total. The van der Waals surface area contributed by atoms with Crippen LogP contribution in [0.4, 0.5) is 0 Å². The topological polar surface area (TPSA) is 61.9 Å². The van der Waals surface area contributed by atoms with Gasteiger partial charge in [-0.15, -0.1) is 0 Å². The largest absolute Gasteiger partial charge is 0.444 e. The van der Waals surface area contributed by atoms with Crippen molar-refractivity contribution in [3.8, 4) is 6.07 Å². The van der Waals surface area contributed by atoms with E-state index in [1.165, 1.54) is 0 Å². The fourth-order valence-corrected chi connectivity index (χ4v) is 1.52. The van der Waals surface area contributed by atoms with Gasteiger partial charge in [-0.25, -0.2) is 4.98 Å². The molecule has 0 saturated carbocycles. The molecule has 0 aromatic carbocycles. The third-order valence-electron chi connectivity index (χ3n) is 2.81. The summed E-state index contributed by atoms with van der Waals surface area (Å²) in [7, 11) is 0. The Morgan fingerprint density at radius 2 is 2.12 bits per heavy atom. The van der Waals surface area contributed by atoms with Crippen molar-refractivity contribution in [1.29, 1.82) is 5.26 Å². The molecule has 4 heteroatoms. The van der Waals surface area contributed by atoms with Crippen molar-refractivity contribution in [3.63, 3.8) is 0 Å². The molecule has 0 amide bonds. The Balaban J connectivity index is 2.19. The fourth-order valence-electron chi connectivity index (χ4n) is 1.52. The van der Waals surface area contributed by atoms with Crippen LogP contribution in [0.25, 0.3) is 0 Å². The van der Waals surface area contributed by atoms with E-state index in [1.54, 1.807) is 0 Å². The van der Waals surface area contributed by atoms with Gasteiger partial charge in [0.25, 0.3) is 0 Å². The van der Waals surface area contributed by atoms with E-state index in [9.17, 15) is 0 Å². The van der Waals surface area contributed by atoms with Gasteiger partial charge in [-0.1, -0.05) is 0 Å². The Bertz CT molecular complexity index is 382. The lowest BCUT2D eigenvalue weighted by molar-refractivity contribution is 0.411. The molecule has 94 valence electrons. The summed E-state index contributed by atoms with van der Waals surface area (Å²) in [6.45, 7) is 9.33. The van der Waals surface area contributed by atoms with Gasteiger partial charge < -0.3 is 9.73 Å². The molecule has 0 bridgehead atoms. The molecular weight excluding hydrogens is 214 g/mol. The molecule has 0 saturated heterocycles. The highest BCUT2D eigenvalue weighted by molar-refractivity contribution is 5.05. The van der Waals surface area contributed by atoms with Gasteiger partial charge in [0.05, 0.1) is 23.7 Å². The van der Waals surface area contributed by atoms with Gasteiger partial charge in [0.1, 0.15) is 5.76 Å². The number of rotatable bonds is 6. The van der Waals surface area contributed by atoms with Crippen molar-refractivity contribution in [1.82, 2.24) is 10.3 Å². The predicted molar refractivity (Wildman–Crippen MR) is 66.3 cm³/mol. The smallest absolute Gasteiger partial charge is 0.208 e.